The van der Waals surface area contributed by atoms with Gasteiger partial charge in [0.05, 0.1) is 18.2 Å². The standard InChI is InChI=1S/C16H15BrClNO3/c1-3-22-14-8-10(7-13(17)15(14)21-2)16(20)19-12-6-4-5-11(18)9-12/h4-9H,3H2,1-2H3,(H,19,20). The van der Waals surface area contributed by atoms with Gasteiger partial charge in [-0.1, -0.05) is 17.7 Å². The highest BCUT2D eigenvalue weighted by Gasteiger charge is 2.15. The van der Waals surface area contributed by atoms with E-state index in [4.69, 9.17) is 21.1 Å². The highest BCUT2D eigenvalue weighted by Crippen LogP contribution is 2.36. The van der Waals surface area contributed by atoms with Crippen molar-refractivity contribution < 1.29 is 14.3 Å². The van der Waals surface area contributed by atoms with Gasteiger partial charge in [0.15, 0.2) is 11.5 Å². The van der Waals surface area contributed by atoms with Gasteiger partial charge in [0.2, 0.25) is 0 Å². The largest absolute Gasteiger partial charge is 0.492 e. The van der Waals surface area contributed by atoms with Crippen molar-refractivity contribution >= 4 is 39.1 Å². The predicted molar refractivity (Wildman–Crippen MR) is 91.3 cm³/mol. The highest BCUT2D eigenvalue weighted by atomic mass is 79.9. The van der Waals surface area contributed by atoms with Crippen LogP contribution in [0.2, 0.25) is 5.02 Å². The van der Waals surface area contributed by atoms with Crippen molar-refractivity contribution in [3.05, 3.63) is 51.5 Å². The molecule has 4 nitrogen and oxygen atoms in total. The van der Waals surface area contributed by atoms with Crippen molar-refractivity contribution in [2.45, 2.75) is 6.92 Å². The summed E-state index contributed by atoms with van der Waals surface area (Å²) in [7, 11) is 1.55. The van der Waals surface area contributed by atoms with E-state index in [0.717, 1.165) is 0 Å². The van der Waals surface area contributed by atoms with Crippen molar-refractivity contribution in [1.29, 1.82) is 0 Å². The number of hydrogen-bond donors (Lipinski definition) is 1. The van der Waals surface area contributed by atoms with E-state index < -0.39 is 0 Å². The molecular weight excluding hydrogens is 370 g/mol. The van der Waals surface area contributed by atoms with Gasteiger partial charge < -0.3 is 14.8 Å². The van der Waals surface area contributed by atoms with E-state index in [0.29, 0.717) is 38.9 Å². The van der Waals surface area contributed by atoms with Crippen molar-refractivity contribution in [3.63, 3.8) is 0 Å². The molecule has 0 saturated heterocycles. The Balaban J connectivity index is 2.29. The molecule has 2 rings (SSSR count). The number of benzene rings is 2. The Labute approximate surface area is 142 Å². The maximum absolute atomic E-state index is 12.4. The third kappa shape index (κ3) is 3.93. The van der Waals surface area contributed by atoms with E-state index in [1.54, 1.807) is 43.5 Å². The Morgan fingerprint density at radius 2 is 2.09 bits per heavy atom. The third-order valence-corrected chi connectivity index (χ3v) is 3.68. The van der Waals surface area contributed by atoms with Crippen LogP contribution in [0.1, 0.15) is 17.3 Å². The number of carbonyl (C=O) groups is 1. The van der Waals surface area contributed by atoms with Crippen LogP contribution in [0.3, 0.4) is 0 Å². The van der Waals surface area contributed by atoms with E-state index in [2.05, 4.69) is 21.2 Å². The van der Waals surface area contributed by atoms with Crippen molar-refractivity contribution in [1.82, 2.24) is 0 Å². The Morgan fingerprint density at radius 1 is 1.32 bits per heavy atom. The van der Waals surface area contributed by atoms with Gasteiger partial charge in [0.25, 0.3) is 5.91 Å². The van der Waals surface area contributed by atoms with E-state index in [1.165, 1.54) is 0 Å². The number of nitrogens with one attached hydrogen (secondary N) is 1. The lowest BCUT2D eigenvalue weighted by Crippen LogP contribution is -2.12. The second-order valence-electron chi connectivity index (χ2n) is 4.39. The number of methoxy groups -OCH3 is 1. The van der Waals surface area contributed by atoms with Crippen LogP contribution < -0.4 is 14.8 Å². The minimum absolute atomic E-state index is 0.258. The molecule has 0 saturated carbocycles. The Morgan fingerprint density at radius 3 is 2.73 bits per heavy atom. The molecule has 6 heteroatoms. The molecule has 0 atom stereocenters. The summed E-state index contributed by atoms with van der Waals surface area (Å²) in [5.74, 6) is 0.809. The second kappa shape index (κ2) is 7.51. The van der Waals surface area contributed by atoms with Crippen molar-refractivity contribution in [2.75, 3.05) is 19.0 Å². The van der Waals surface area contributed by atoms with Gasteiger partial charge in [-0.05, 0) is 53.2 Å². The Bertz CT molecular complexity index is 691. The van der Waals surface area contributed by atoms with Crippen molar-refractivity contribution in [3.8, 4) is 11.5 Å². The molecule has 0 aromatic heterocycles. The first kappa shape index (κ1) is 16.6. The summed E-state index contributed by atoms with van der Waals surface area (Å²) in [5.41, 5.74) is 1.08. The molecule has 0 radical (unpaired) electrons. The topological polar surface area (TPSA) is 47.6 Å². The molecule has 0 aliphatic heterocycles. The lowest BCUT2D eigenvalue weighted by atomic mass is 10.2. The van der Waals surface area contributed by atoms with Crippen LogP contribution in [0.4, 0.5) is 5.69 Å². The van der Waals surface area contributed by atoms with E-state index in [1.807, 2.05) is 6.92 Å². The number of carbonyl (C=O) groups excluding carboxylic acids is 1. The fraction of sp³-hybridized carbons (Fsp3) is 0.188. The van der Waals surface area contributed by atoms with E-state index in [-0.39, 0.29) is 5.91 Å². The van der Waals surface area contributed by atoms with Crippen LogP contribution in [0.15, 0.2) is 40.9 Å². The number of amides is 1. The van der Waals surface area contributed by atoms with Crippen LogP contribution in [0.5, 0.6) is 11.5 Å². The zero-order valence-corrected chi connectivity index (χ0v) is 14.5. The maximum atomic E-state index is 12.4. The monoisotopic (exact) mass is 383 g/mol. The summed E-state index contributed by atoms with van der Waals surface area (Å²) in [5, 5.41) is 3.35. The average Bonchev–Trinajstić information content (AvgIpc) is 2.47. The quantitative estimate of drug-likeness (QED) is 0.808. The molecule has 1 N–H and O–H groups in total. The SMILES string of the molecule is CCOc1cc(C(=O)Nc2cccc(Cl)c2)cc(Br)c1OC. The van der Waals surface area contributed by atoms with E-state index in [9.17, 15) is 4.79 Å². The molecule has 2 aromatic rings. The molecule has 1 amide bonds. The average molecular weight is 385 g/mol. The number of rotatable bonds is 5. The molecule has 0 aliphatic carbocycles. The van der Waals surface area contributed by atoms with Gasteiger partial charge in [-0.25, -0.2) is 0 Å². The maximum Gasteiger partial charge on any atom is 0.255 e. The number of hydrogen-bond acceptors (Lipinski definition) is 3. The number of ether oxygens (including phenoxy) is 2. The minimum Gasteiger partial charge on any atom is -0.492 e. The number of halogens is 2. The molecule has 22 heavy (non-hydrogen) atoms. The zero-order chi connectivity index (χ0) is 16.1. The summed E-state index contributed by atoms with van der Waals surface area (Å²) < 4.78 is 11.4. The molecule has 0 aliphatic rings. The summed E-state index contributed by atoms with van der Waals surface area (Å²) >= 11 is 9.30. The van der Waals surface area contributed by atoms with Crippen LogP contribution in [-0.2, 0) is 0 Å². The first-order valence-electron chi connectivity index (χ1n) is 6.62. The lowest BCUT2D eigenvalue weighted by Gasteiger charge is -2.13. The summed E-state index contributed by atoms with van der Waals surface area (Å²) in [6.07, 6.45) is 0. The summed E-state index contributed by atoms with van der Waals surface area (Å²) in [6, 6.07) is 10.3. The lowest BCUT2D eigenvalue weighted by molar-refractivity contribution is 0.102. The molecule has 0 heterocycles. The van der Waals surface area contributed by atoms with Crippen LogP contribution in [-0.4, -0.2) is 19.6 Å². The smallest absolute Gasteiger partial charge is 0.255 e. The van der Waals surface area contributed by atoms with Gasteiger partial charge in [-0.2, -0.15) is 0 Å². The fourth-order valence-corrected chi connectivity index (χ4v) is 2.72. The zero-order valence-electron chi connectivity index (χ0n) is 12.2. The van der Waals surface area contributed by atoms with Gasteiger partial charge >= 0.3 is 0 Å². The molecule has 0 fully saturated rings. The van der Waals surface area contributed by atoms with Crippen LogP contribution in [0, 0.1) is 0 Å². The van der Waals surface area contributed by atoms with Crippen LogP contribution in [0.25, 0.3) is 0 Å². The minimum atomic E-state index is -0.258. The second-order valence-corrected chi connectivity index (χ2v) is 5.68. The van der Waals surface area contributed by atoms with Gasteiger partial charge in [0, 0.05) is 16.3 Å². The van der Waals surface area contributed by atoms with E-state index >= 15 is 0 Å². The molecule has 0 unspecified atom stereocenters. The normalized spacial score (nSPS) is 10.2. The Hall–Kier alpha value is -1.72. The first-order chi connectivity index (χ1) is 10.5. The molecular formula is C16H15BrClNO3. The fourth-order valence-electron chi connectivity index (χ4n) is 1.93. The Kier molecular flexibility index (Phi) is 5.69. The number of anilines is 1. The predicted octanol–water partition coefficient (Wildman–Crippen LogP) is 4.76. The van der Waals surface area contributed by atoms with Gasteiger partial charge in [0.1, 0.15) is 0 Å². The first-order valence-corrected chi connectivity index (χ1v) is 7.79. The molecule has 116 valence electrons. The van der Waals surface area contributed by atoms with Gasteiger partial charge in [-0.3, -0.25) is 4.79 Å². The summed E-state index contributed by atoms with van der Waals surface area (Å²) in [4.78, 5) is 12.4. The third-order valence-electron chi connectivity index (χ3n) is 2.86. The molecule has 2 aromatic carbocycles. The van der Waals surface area contributed by atoms with Crippen molar-refractivity contribution in [2.24, 2.45) is 0 Å². The summed E-state index contributed by atoms with van der Waals surface area (Å²) in [6.45, 7) is 2.34. The molecule has 0 bridgehead atoms. The molecule has 0 spiro atoms. The highest BCUT2D eigenvalue weighted by molar-refractivity contribution is 9.10. The van der Waals surface area contributed by atoms with Crippen LogP contribution >= 0.6 is 27.5 Å². The van der Waals surface area contributed by atoms with Gasteiger partial charge in [-0.15, -0.1) is 0 Å².